The van der Waals surface area contributed by atoms with Gasteiger partial charge in [0.1, 0.15) is 0 Å². The lowest BCUT2D eigenvalue weighted by Gasteiger charge is -2.23. The van der Waals surface area contributed by atoms with Crippen molar-refractivity contribution in [3.8, 4) is 11.7 Å². The Labute approximate surface area is 157 Å². The number of nitrogens with zero attached hydrogens (tertiary/aromatic N) is 4. The van der Waals surface area contributed by atoms with Crippen molar-refractivity contribution in [2.75, 3.05) is 24.5 Å². The first kappa shape index (κ1) is 17.5. The SMILES string of the molecule is CCCN(CC(=O)N1CCc2ccccc21)Cc1nnc(-c2ccco2)o1. The highest BCUT2D eigenvalue weighted by Crippen LogP contribution is 2.27. The molecule has 4 rings (SSSR count). The first-order valence-corrected chi connectivity index (χ1v) is 9.21. The number of carbonyl (C=O) groups excluding carboxylic acids is 1. The van der Waals surface area contributed by atoms with E-state index in [1.54, 1.807) is 18.4 Å². The lowest BCUT2D eigenvalue weighted by Crippen LogP contribution is -2.39. The highest BCUT2D eigenvalue weighted by atomic mass is 16.4. The number of fused-ring (bicyclic) bond motifs is 1. The van der Waals surface area contributed by atoms with Crippen molar-refractivity contribution in [3.05, 3.63) is 54.1 Å². The minimum absolute atomic E-state index is 0.0965. The van der Waals surface area contributed by atoms with Crippen LogP contribution in [0, 0.1) is 0 Å². The fourth-order valence-electron chi connectivity index (χ4n) is 3.41. The second-order valence-corrected chi connectivity index (χ2v) is 6.61. The highest BCUT2D eigenvalue weighted by Gasteiger charge is 2.26. The first-order valence-electron chi connectivity index (χ1n) is 9.21. The summed E-state index contributed by atoms with van der Waals surface area (Å²) < 4.78 is 11.0. The van der Waals surface area contributed by atoms with E-state index in [2.05, 4.69) is 23.2 Å². The molecule has 1 aliphatic heterocycles. The van der Waals surface area contributed by atoms with Crippen LogP contribution in [0.25, 0.3) is 11.7 Å². The smallest absolute Gasteiger partial charge is 0.283 e. The van der Waals surface area contributed by atoms with Crippen LogP contribution in [0.5, 0.6) is 0 Å². The Hall–Kier alpha value is -2.93. The lowest BCUT2D eigenvalue weighted by molar-refractivity contribution is -0.119. The van der Waals surface area contributed by atoms with Gasteiger partial charge < -0.3 is 13.7 Å². The summed E-state index contributed by atoms with van der Waals surface area (Å²) in [6.07, 6.45) is 3.41. The van der Waals surface area contributed by atoms with Crippen LogP contribution in [-0.2, 0) is 17.8 Å². The quantitative estimate of drug-likeness (QED) is 0.639. The molecule has 7 nitrogen and oxygen atoms in total. The second-order valence-electron chi connectivity index (χ2n) is 6.61. The number of anilines is 1. The summed E-state index contributed by atoms with van der Waals surface area (Å²) in [4.78, 5) is 16.8. The first-order chi connectivity index (χ1) is 13.2. The molecule has 140 valence electrons. The third-order valence-corrected chi connectivity index (χ3v) is 4.64. The molecule has 0 unspecified atom stereocenters. The van der Waals surface area contributed by atoms with Gasteiger partial charge in [-0.05, 0) is 43.1 Å². The number of carbonyl (C=O) groups is 1. The van der Waals surface area contributed by atoms with Crippen LogP contribution in [0.1, 0.15) is 24.8 Å². The van der Waals surface area contributed by atoms with E-state index in [0.29, 0.717) is 30.6 Å². The number of para-hydroxylation sites is 1. The van der Waals surface area contributed by atoms with E-state index in [9.17, 15) is 4.79 Å². The third-order valence-electron chi connectivity index (χ3n) is 4.64. The van der Waals surface area contributed by atoms with E-state index < -0.39 is 0 Å². The molecule has 1 amide bonds. The Morgan fingerprint density at radius 3 is 2.93 bits per heavy atom. The van der Waals surface area contributed by atoms with Crippen LogP contribution in [-0.4, -0.2) is 40.6 Å². The monoisotopic (exact) mass is 366 g/mol. The van der Waals surface area contributed by atoms with Crippen LogP contribution in [0.2, 0.25) is 0 Å². The molecule has 27 heavy (non-hydrogen) atoms. The maximum atomic E-state index is 12.9. The largest absolute Gasteiger partial charge is 0.459 e. The molecule has 0 spiro atoms. The van der Waals surface area contributed by atoms with E-state index in [-0.39, 0.29) is 5.91 Å². The van der Waals surface area contributed by atoms with Crippen molar-refractivity contribution in [1.82, 2.24) is 15.1 Å². The number of amides is 1. The van der Waals surface area contributed by atoms with Gasteiger partial charge in [0.05, 0.1) is 19.4 Å². The maximum Gasteiger partial charge on any atom is 0.283 e. The van der Waals surface area contributed by atoms with E-state index in [0.717, 1.165) is 31.6 Å². The molecule has 0 saturated carbocycles. The van der Waals surface area contributed by atoms with E-state index >= 15 is 0 Å². The van der Waals surface area contributed by atoms with Gasteiger partial charge in [-0.1, -0.05) is 25.1 Å². The van der Waals surface area contributed by atoms with Crippen molar-refractivity contribution in [1.29, 1.82) is 0 Å². The molecule has 3 heterocycles. The minimum atomic E-state index is 0.0965. The number of benzene rings is 1. The summed E-state index contributed by atoms with van der Waals surface area (Å²) in [5, 5.41) is 8.12. The number of aromatic nitrogens is 2. The molecule has 7 heteroatoms. The van der Waals surface area contributed by atoms with Gasteiger partial charge in [0.2, 0.25) is 11.8 Å². The predicted octanol–water partition coefficient (Wildman–Crippen LogP) is 3.13. The van der Waals surface area contributed by atoms with Crippen LogP contribution in [0.4, 0.5) is 5.69 Å². The molecular weight excluding hydrogens is 344 g/mol. The topological polar surface area (TPSA) is 75.6 Å². The standard InChI is InChI=1S/C20H22N4O3/c1-2-10-23(13-18-21-22-20(27-18)17-8-5-12-26-17)14-19(25)24-11-9-15-6-3-4-7-16(15)24/h3-8,12H,2,9-11,13-14H2,1H3. The van der Waals surface area contributed by atoms with Crippen molar-refractivity contribution in [2.24, 2.45) is 0 Å². The summed E-state index contributed by atoms with van der Waals surface area (Å²) in [7, 11) is 0. The molecule has 1 aliphatic rings. The zero-order chi connectivity index (χ0) is 18.6. The maximum absolute atomic E-state index is 12.9. The van der Waals surface area contributed by atoms with Crippen LogP contribution < -0.4 is 4.90 Å². The predicted molar refractivity (Wildman–Crippen MR) is 100 cm³/mol. The molecule has 0 fully saturated rings. The van der Waals surface area contributed by atoms with E-state index in [1.165, 1.54) is 5.56 Å². The second kappa shape index (κ2) is 7.75. The summed E-state index contributed by atoms with van der Waals surface area (Å²) >= 11 is 0. The molecule has 0 N–H and O–H groups in total. The van der Waals surface area contributed by atoms with Gasteiger partial charge in [0.25, 0.3) is 5.89 Å². The summed E-state index contributed by atoms with van der Waals surface area (Å²) in [6, 6.07) is 11.6. The van der Waals surface area contributed by atoms with Gasteiger partial charge in [-0.2, -0.15) is 0 Å². The van der Waals surface area contributed by atoms with Crippen LogP contribution in [0.3, 0.4) is 0 Å². The zero-order valence-corrected chi connectivity index (χ0v) is 15.3. The van der Waals surface area contributed by atoms with Gasteiger partial charge in [-0.15, -0.1) is 10.2 Å². The van der Waals surface area contributed by atoms with Crippen LogP contribution >= 0.6 is 0 Å². The van der Waals surface area contributed by atoms with Gasteiger partial charge >= 0.3 is 0 Å². The number of hydrogen-bond acceptors (Lipinski definition) is 6. The highest BCUT2D eigenvalue weighted by molar-refractivity contribution is 5.96. The Morgan fingerprint density at radius 2 is 2.11 bits per heavy atom. The Kier molecular flexibility index (Phi) is 5.02. The summed E-state index contributed by atoms with van der Waals surface area (Å²) in [5.74, 6) is 1.47. The molecule has 0 aliphatic carbocycles. The summed E-state index contributed by atoms with van der Waals surface area (Å²) in [6.45, 7) is 4.36. The number of rotatable bonds is 7. The number of furan rings is 1. The van der Waals surface area contributed by atoms with Gasteiger partial charge in [0, 0.05) is 12.2 Å². The van der Waals surface area contributed by atoms with Crippen molar-refractivity contribution >= 4 is 11.6 Å². The van der Waals surface area contributed by atoms with Crippen molar-refractivity contribution < 1.29 is 13.6 Å². The zero-order valence-electron chi connectivity index (χ0n) is 15.3. The van der Waals surface area contributed by atoms with Crippen molar-refractivity contribution in [3.63, 3.8) is 0 Å². The fourth-order valence-corrected chi connectivity index (χ4v) is 3.41. The average Bonchev–Trinajstić information content (AvgIpc) is 3.41. The molecule has 0 atom stereocenters. The third kappa shape index (κ3) is 3.78. The molecule has 0 radical (unpaired) electrons. The minimum Gasteiger partial charge on any atom is -0.459 e. The Bertz CT molecular complexity index is 904. The Morgan fingerprint density at radius 1 is 1.22 bits per heavy atom. The fraction of sp³-hybridized carbons (Fsp3) is 0.350. The van der Waals surface area contributed by atoms with Gasteiger partial charge in [-0.3, -0.25) is 9.69 Å². The molecule has 3 aromatic rings. The number of hydrogen-bond donors (Lipinski definition) is 0. The van der Waals surface area contributed by atoms with Gasteiger partial charge in [-0.25, -0.2) is 0 Å². The Balaban J connectivity index is 1.43. The van der Waals surface area contributed by atoms with Crippen molar-refractivity contribution in [2.45, 2.75) is 26.3 Å². The normalized spacial score (nSPS) is 13.3. The van der Waals surface area contributed by atoms with E-state index in [1.807, 2.05) is 28.0 Å². The van der Waals surface area contributed by atoms with Crippen LogP contribution in [0.15, 0.2) is 51.5 Å². The average molecular weight is 366 g/mol. The summed E-state index contributed by atoms with van der Waals surface area (Å²) in [5.41, 5.74) is 2.25. The molecule has 0 bridgehead atoms. The molecule has 2 aromatic heterocycles. The molecular formula is C20H22N4O3. The van der Waals surface area contributed by atoms with Gasteiger partial charge in [0.15, 0.2) is 5.76 Å². The molecule has 1 aromatic carbocycles. The molecule has 0 saturated heterocycles. The lowest BCUT2D eigenvalue weighted by atomic mass is 10.2. The van der Waals surface area contributed by atoms with E-state index in [4.69, 9.17) is 8.83 Å².